The van der Waals surface area contributed by atoms with Crippen molar-refractivity contribution in [1.82, 2.24) is 10.2 Å². The molecular formula is C11H24N2O2. The predicted molar refractivity (Wildman–Crippen MR) is 60.9 cm³/mol. The summed E-state index contributed by atoms with van der Waals surface area (Å²) in [6, 6.07) is 0.859. The summed E-state index contributed by atoms with van der Waals surface area (Å²) < 4.78 is 10.2. The number of rotatable bonds is 9. The van der Waals surface area contributed by atoms with Crippen LogP contribution in [0.3, 0.4) is 0 Å². The number of likely N-dealkylation sites (N-methyl/N-ethyl adjacent to an activating group) is 1. The van der Waals surface area contributed by atoms with Crippen molar-refractivity contribution >= 4 is 0 Å². The number of ether oxygens (including phenoxy) is 2. The van der Waals surface area contributed by atoms with E-state index < -0.39 is 0 Å². The standard InChI is InChI=1S/C11H24N2O2/c1-4-13(10-5-6-10)8-7-12-9-11(14-2)15-3/h10-12H,4-9H2,1-3H3. The van der Waals surface area contributed by atoms with Crippen molar-refractivity contribution in [3.8, 4) is 0 Å². The molecule has 1 fully saturated rings. The van der Waals surface area contributed by atoms with E-state index in [1.54, 1.807) is 14.2 Å². The van der Waals surface area contributed by atoms with E-state index in [4.69, 9.17) is 9.47 Å². The first-order valence-electron chi connectivity index (χ1n) is 5.82. The minimum Gasteiger partial charge on any atom is -0.355 e. The molecule has 0 spiro atoms. The fourth-order valence-electron chi connectivity index (χ4n) is 1.74. The normalized spacial score (nSPS) is 16.6. The third-order valence-corrected chi connectivity index (χ3v) is 2.88. The number of nitrogens with one attached hydrogen (secondary N) is 1. The second kappa shape index (κ2) is 7.17. The van der Waals surface area contributed by atoms with Crippen molar-refractivity contribution in [2.24, 2.45) is 0 Å². The van der Waals surface area contributed by atoms with Crippen LogP contribution in [0.15, 0.2) is 0 Å². The van der Waals surface area contributed by atoms with Crippen molar-refractivity contribution < 1.29 is 9.47 Å². The summed E-state index contributed by atoms with van der Waals surface area (Å²) in [4.78, 5) is 2.53. The molecule has 1 rings (SSSR count). The lowest BCUT2D eigenvalue weighted by atomic mass is 10.4. The molecule has 1 aliphatic carbocycles. The van der Waals surface area contributed by atoms with E-state index in [1.165, 1.54) is 12.8 Å². The van der Waals surface area contributed by atoms with Gasteiger partial charge in [-0.3, -0.25) is 4.90 Å². The van der Waals surface area contributed by atoms with E-state index in [9.17, 15) is 0 Å². The number of nitrogens with zero attached hydrogens (tertiary/aromatic N) is 1. The zero-order chi connectivity index (χ0) is 11.1. The largest absolute Gasteiger partial charge is 0.355 e. The van der Waals surface area contributed by atoms with Gasteiger partial charge in [0, 0.05) is 39.9 Å². The topological polar surface area (TPSA) is 33.7 Å². The third-order valence-electron chi connectivity index (χ3n) is 2.88. The average molecular weight is 216 g/mol. The Bertz CT molecular complexity index is 159. The highest BCUT2D eigenvalue weighted by atomic mass is 16.7. The maximum Gasteiger partial charge on any atom is 0.169 e. The molecule has 0 bridgehead atoms. The molecule has 0 aromatic rings. The van der Waals surface area contributed by atoms with Gasteiger partial charge in [-0.1, -0.05) is 6.92 Å². The lowest BCUT2D eigenvalue weighted by Crippen LogP contribution is -2.37. The first kappa shape index (κ1) is 12.9. The number of hydrogen-bond acceptors (Lipinski definition) is 4. The van der Waals surface area contributed by atoms with Crippen LogP contribution < -0.4 is 5.32 Å². The zero-order valence-corrected chi connectivity index (χ0v) is 10.2. The molecule has 0 aromatic heterocycles. The molecule has 0 radical (unpaired) electrons. The summed E-state index contributed by atoms with van der Waals surface area (Å²) in [6.45, 7) is 6.28. The van der Waals surface area contributed by atoms with Crippen LogP contribution in [0.5, 0.6) is 0 Å². The van der Waals surface area contributed by atoms with E-state index in [1.807, 2.05) is 0 Å². The highest BCUT2D eigenvalue weighted by molar-refractivity contribution is 4.83. The Morgan fingerprint density at radius 1 is 1.33 bits per heavy atom. The molecule has 1 N–H and O–H groups in total. The molecule has 0 saturated heterocycles. The minimum atomic E-state index is -0.124. The van der Waals surface area contributed by atoms with Crippen LogP contribution in [0, 0.1) is 0 Å². The van der Waals surface area contributed by atoms with Gasteiger partial charge in [0.05, 0.1) is 0 Å². The van der Waals surface area contributed by atoms with Crippen molar-refractivity contribution in [2.45, 2.75) is 32.1 Å². The van der Waals surface area contributed by atoms with Crippen LogP contribution >= 0.6 is 0 Å². The Labute approximate surface area is 92.9 Å². The van der Waals surface area contributed by atoms with Gasteiger partial charge in [-0.15, -0.1) is 0 Å². The van der Waals surface area contributed by atoms with Crippen molar-refractivity contribution in [3.05, 3.63) is 0 Å². The van der Waals surface area contributed by atoms with Crippen LogP contribution in [0.2, 0.25) is 0 Å². The molecule has 0 aromatic carbocycles. The van der Waals surface area contributed by atoms with Gasteiger partial charge in [0.1, 0.15) is 0 Å². The fourth-order valence-corrected chi connectivity index (χ4v) is 1.74. The van der Waals surface area contributed by atoms with E-state index >= 15 is 0 Å². The lowest BCUT2D eigenvalue weighted by Gasteiger charge is -2.20. The summed E-state index contributed by atoms with van der Waals surface area (Å²) in [5.41, 5.74) is 0. The quantitative estimate of drug-likeness (QED) is 0.454. The highest BCUT2D eigenvalue weighted by Crippen LogP contribution is 2.25. The van der Waals surface area contributed by atoms with Crippen LogP contribution in [0.1, 0.15) is 19.8 Å². The Balaban J connectivity index is 1.99. The predicted octanol–water partition coefficient (Wildman–Crippen LogP) is 0.679. The van der Waals surface area contributed by atoms with Gasteiger partial charge in [0.25, 0.3) is 0 Å². The molecule has 1 saturated carbocycles. The monoisotopic (exact) mass is 216 g/mol. The van der Waals surface area contributed by atoms with E-state index in [2.05, 4.69) is 17.1 Å². The molecule has 0 unspecified atom stereocenters. The minimum absolute atomic E-state index is 0.124. The van der Waals surface area contributed by atoms with Gasteiger partial charge in [-0.2, -0.15) is 0 Å². The first-order valence-corrected chi connectivity index (χ1v) is 5.82. The van der Waals surface area contributed by atoms with Gasteiger partial charge in [-0.25, -0.2) is 0 Å². The van der Waals surface area contributed by atoms with Gasteiger partial charge < -0.3 is 14.8 Å². The number of methoxy groups -OCH3 is 2. The second-order valence-corrected chi connectivity index (χ2v) is 3.96. The van der Waals surface area contributed by atoms with Crippen LogP contribution in [0.4, 0.5) is 0 Å². The summed E-state index contributed by atoms with van der Waals surface area (Å²) in [6.07, 6.45) is 2.64. The Morgan fingerprint density at radius 2 is 2.00 bits per heavy atom. The zero-order valence-electron chi connectivity index (χ0n) is 10.2. The summed E-state index contributed by atoms with van der Waals surface area (Å²) >= 11 is 0. The second-order valence-electron chi connectivity index (χ2n) is 3.96. The maximum absolute atomic E-state index is 5.09. The molecule has 1 aliphatic rings. The van der Waals surface area contributed by atoms with Crippen LogP contribution in [0.25, 0.3) is 0 Å². The molecule has 0 heterocycles. The summed E-state index contributed by atoms with van der Waals surface area (Å²) in [5.74, 6) is 0. The van der Waals surface area contributed by atoms with Gasteiger partial charge >= 0.3 is 0 Å². The number of hydrogen-bond donors (Lipinski definition) is 1. The summed E-state index contributed by atoms with van der Waals surface area (Å²) in [5, 5.41) is 3.34. The molecule has 15 heavy (non-hydrogen) atoms. The van der Waals surface area contributed by atoms with Gasteiger partial charge in [0.15, 0.2) is 6.29 Å². The Morgan fingerprint density at radius 3 is 2.47 bits per heavy atom. The smallest absolute Gasteiger partial charge is 0.169 e. The highest BCUT2D eigenvalue weighted by Gasteiger charge is 2.26. The van der Waals surface area contributed by atoms with E-state index in [0.29, 0.717) is 0 Å². The lowest BCUT2D eigenvalue weighted by molar-refractivity contribution is -0.0987. The SMILES string of the molecule is CCN(CCNCC(OC)OC)C1CC1. The Kier molecular flexibility index (Phi) is 6.17. The average Bonchev–Trinajstić information content (AvgIpc) is 3.08. The van der Waals surface area contributed by atoms with E-state index in [-0.39, 0.29) is 6.29 Å². The van der Waals surface area contributed by atoms with Crippen LogP contribution in [-0.2, 0) is 9.47 Å². The van der Waals surface area contributed by atoms with Crippen LogP contribution in [-0.4, -0.2) is 57.6 Å². The molecule has 0 aliphatic heterocycles. The fraction of sp³-hybridized carbons (Fsp3) is 1.00. The molecule has 90 valence electrons. The first-order chi connectivity index (χ1) is 7.31. The van der Waals surface area contributed by atoms with Gasteiger partial charge in [-0.05, 0) is 19.4 Å². The molecule has 4 heteroatoms. The maximum atomic E-state index is 5.09. The molecule has 4 nitrogen and oxygen atoms in total. The van der Waals surface area contributed by atoms with Crippen molar-refractivity contribution in [1.29, 1.82) is 0 Å². The molecule has 0 atom stereocenters. The summed E-state index contributed by atoms with van der Waals surface area (Å²) in [7, 11) is 3.33. The molecule has 0 amide bonds. The Hall–Kier alpha value is -0.160. The van der Waals surface area contributed by atoms with Crippen molar-refractivity contribution in [3.63, 3.8) is 0 Å². The van der Waals surface area contributed by atoms with E-state index in [0.717, 1.165) is 32.2 Å². The van der Waals surface area contributed by atoms with Gasteiger partial charge in [0.2, 0.25) is 0 Å². The third kappa shape index (κ3) is 4.93. The van der Waals surface area contributed by atoms with Crippen molar-refractivity contribution in [2.75, 3.05) is 40.4 Å². The molecular weight excluding hydrogens is 192 g/mol.